The summed E-state index contributed by atoms with van der Waals surface area (Å²) in [5.41, 5.74) is 3.81. The Kier molecular flexibility index (Phi) is 6.38. The fraction of sp³-hybridized carbons (Fsp3) is 0.269. The molecular formula is C26H27NO2. The van der Waals surface area contributed by atoms with Gasteiger partial charge >= 0.3 is 5.97 Å². The summed E-state index contributed by atoms with van der Waals surface area (Å²) in [5.74, 6) is -0.0765. The molecule has 0 spiro atoms. The van der Waals surface area contributed by atoms with Crippen molar-refractivity contribution in [2.45, 2.75) is 44.5 Å². The highest BCUT2D eigenvalue weighted by Crippen LogP contribution is 2.26. The molecule has 148 valence electrons. The number of cyclic esters (lactones) is 1. The Morgan fingerprint density at radius 3 is 1.69 bits per heavy atom. The second kappa shape index (κ2) is 9.53. The molecule has 0 unspecified atom stereocenters. The first kappa shape index (κ1) is 19.4. The molecule has 0 aliphatic carbocycles. The maximum atomic E-state index is 11.9. The number of carbonyl (C=O) groups excluding carboxylic acids is 1. The topological polar surface area (TPSA) is 29.5 Å². The highest BCUT2D eigenvalue weighted by Gasteiger charge is 2.35. The first-order valence-corrected chi connectivity index (χ1v) is 10.3. The summed E-state index contributed by atoms with van der Waals surface area (Å²) in [4.78, 5) is 14.4. The average Bonchev–Trinajstić information content (AvgIpc) is 3.20. The number of esters is 1. The van der Waals surface area contributed by atoms with Crippen LogP contribution in [0, 0.1) is 0 Å². The van der Waals surface area contributed by atoms with Crippen LogP contribution in [0.15, 0.2) is 91.0 Å². The standard InChI is InChI=1S/C26H27NO2/c28-26-17-16-25(29-26)24(18-21-10-4-1-5-11-21)27(19-22-12-6-2-7-13-22)20-23-14-8-3-9-15-23/h1-15,24-25H,16-20H2/t24-,25-/m0/s1. The van der Waals surface area contributed by atoms with Gasteiger partial charge in [-0.25, -0.2) is 0 Å². The van der Waals surface area contributed by atoms with E-state index in [-0.39, 0.29) is 18.1 Å². The van der Waals surface area contributed by atoms with Crippen molar-refractivity contribution in [2.75, 3.05) is 0 Å². The van der Waals surface area contributed by atoms with Gasteiger partial charge in [-0.3, -0.25) is 9.69 Å². The lowest BCUT2D eigenvalue weighted by Gasteiger charge is -2.35. The van der Waals surface area contributed by atoms with Crippen LogP contribution in [0.3, 0.4) is 0 Å². The van der Waals surface area contributed by atoms with Crippen LogP contribution in [0.5, 0.6) is 0 Å². The van der Waals surface area contributed by atoms with Gasteiger partial charge in [0.15, 0.2) is 0 Å². The molecule has 1 fully saturated rings. The predicted molar refractivity (Wildman–Crippen MR) is 115 cm³/mol. The van der Waals surface area contributed by atoms with E-state index < -0.39 is 0 Å². The molecule has 1 aliphatic heterocycles. The van der Waals surface area contributed by atoms with Crippen LogP contribution in [0.4, 0.5) is 0 Å². The van der Waals surface area contributed by atoms with Gasteiger partial charge in [-0.15, -0.1) is 0 Å². The summed E-state index contributed by atoms with van der Waals surface area (Å²) < 4.78 is 5.77. The maximum absolute atomic E-state index is 11.9. The molecule has 0 N–H and O–H groups in total. The molecule has 0 radical (unpaired) electrons. The minimum Gasteiger partial charge on any atom is -0.461 e. The third kappa shape index (κ3) is 5.33. The van der Waals surface area contributed by atoms with Crippen LogP contribution in [0.25, 0.3) is 0 Å². The second-order valence-corrected chi connectivity index (χ2v) is 7.70. The van der Waals surface area contributed by atoms with Gasteiger partial charge < -0.3 is 4.74 Å². The van der Waals surface area contributed by atoms with Gasteiger partial charge in [0.1, 0.15) is 6.10 Å². The van der Waals surface area contributed by atoms with Gasteiger partial charge in [0, 0.05) is 19.5 Å². The van der Waals surface area contributed by atoms with Crippen molar-refractivity contribution in [2.24, 2.45) is 0 Å². The quantitative estimate of drug-likeness (QED) is 0.511. The molecular weight excluding hydrogens is 358 g/mol. The Hall–Kier alpha value is -2.91. The number of hydrogen-bond acceptors (Lipinski definition) is 3. The fourth-order valence-corrected chi connectivity index (χ4v) is 4.10. The second-order valence-electron chi connectivity index (χ2n) is 7.70. The van der Waals surface area contributed by atoms with Gasteiger partial charge in [-0.1, -0.05) is 91.0 Å². The van der Waals surface area contributed by atoms with E-state index in [0.717, 1.165) is 25.9 Å². The van der Waals surface area contributed by atoms with Crippen molar-refractivity contribution >= 4 is 5.97 Å². The van der Waals surface area contributed by atoms with Gasteiger partial charge in [-0.2, -0.15) is 0 Å². The number of nitrogens with zero attached hydrogens (tertiary/aromatic N) is 1. The van der Waals surface area contributed by atoms with E-state index in [1.807, 2.05) is 18.2 Å². The van der Waals surface area contributed by atoms with Gasteiger partial charge in [0.2, 0.25) is 0 Å². The molecule has 0 amide bonds. The van der Waals surface area contributed by atoms with E-state index in [0.29, 0.717) is 6.42 Å². The van der Waals surface area contributed by atoms with Crippen molar-refractivity contribution in [3.63, 3.8) is 0 Å². The van der Waals surface area contributed by atoms with Crippen molar-refractivity contribution in [1.82, 2.24) is 4.90 Å². The number of rotatable bonds is 8. The number of benzene rings is 3. The van der Waals surface area contributed by atoms with Crippen molar-refractivity contribution < 1.29 is 9.53 Å². The lowest BCUT2D eigenvalue weighted by Crippen LogP contribution is -2.44. The summed E-state index contributed by atoms with van der Waals surface area (Å²) in [7, 11) is 0. The molecule has 0 aromatic heterocycles. The van der Waals surface area contributed by atoms with Crippen LogP contribution in [-0.2, 0) is 29.0 Å². The Balaban J connectivity index is 1.64. The maximum Gasteiger partial charge on any atom is 0.306 e. The van der Waals surface area contributed by atoms with Crippen molar-refractivity contribution in [3.05, 3.63) is 108 Å². The van der Waals surface area contributed by atoms with Crippen LogP contribution < -0.4 is 0 Å². The van der Waals surface area contributed by atoms with Crippen LogP contribution in [0.1, 0.15) is 29.5 Å². The highest BCUT2D eigenvalue weighted by atomic mass is 16.6. The van der Waals surface area contributed by atoms with Crippen LogP contribution in [-0.4, -0.2) is 23.0 Å². The molecule has 1 saturated heterocycles. The predicted octanol–water partition coefficient (Wildman–Crippen LogP) is 5.01. The monoisotopic (exact) mass is 385 g/mol. The van der Waals surface area contributed by atoms with E-state index in [4.69, 9.17) is 4.74 Å². The summed E-state index contributed by atoms with van der Waals surface area (Å²) in [5, 5.41) is 0. The fourth-order valence-electron chi connectivity index (χ4n) is 4.10. The third-order valence-electron chi connectivity index (χ3n) is 5.56. The Bertz CT molecular complexity index is 854. The minimum absolute atomic E-state index is 0.0740. The molecule has 4 rings (SSSR count). The zero-order valence-corrected chi connectivity index (χ0v) is 16.6. The Labute approximate surface area is 172 Å². The van der Waals surface area contributed by atoms with E-state index >= 15 is 0 Å². The third-order valence-corrected chi connectivity index (χ3v) is 5.56. The zero-order chi connectivity index (χ0) is 19.9. The molecule has 2 atom stereocenters. The largest absolute Gasteiger partial charge is 0.461 e. The first-order valence-electron chi connectivity index (χ1n) is 10.3. The first-order chi connectivity index (χ1) is 14.3. The Morgan fingerprint density at radius 1 is 0.759 bits per heavy atom. The zero-order valence-electron chi connectivity index (χ0n) is 16.6. The minimum atomic E-state index is -0.0765. The van der Waals surface area contributed by atoms with Crippen LogP contribution in [0.2, 0.25) is 0 Å². The number of ether oxygens (including phenoxy) is 1. The Morgan fingerprint density at radius 2 is 1.24 bits per heavy atom. The molecule has 1 heterocycles. The molecule has 3 aromatic carbocycles. The summed E-state index contributed by atoms with van der Waals surface area (Å²) in [6.07, 6.45) is 2.09. The van der Waals surface area contributed by atoms with Crippen LogP contribution >= 0.6 is 0 Å². The summed E-state index contributed by atoms with van der Waals surface area (Å²) in [6, 6.07) is 31.7. The molecule has 3 heteroatoms. The normalized spacial score (nSPS) is 17.3. The average molecular weight is 386 g/mol. The van der Waals surface area contributed by atoms with E-state index in [9.17, 15) is 4.79 Å². The molecule has 3 nitrogen and oxygen atoms in total. The summed E-state index contributed by atoms with van der Waals surface area (Å²) in [6.45, 7) is 1.64. The highest BCUT2D eigenvalue weighted by molar-refractivity contribution is 5.71. The van der Waals surface area contributed by atoms with E-state index in [1.165, 1.54) is 16.7 Å². The van der Waals surface area contributed by atoms with Gasteiger partial charge in [0.25, 0.3) is 0 Å². The lowest BCUT2D eigenvalue weighted by atomic mass is 9.96. The van der Waals surface area contributed by atoms with Crippen molar-refractivity contribution in [1.29, 1.82) is 0 Å². The molecule has 29 heavy (non-hydrogen) atoms. The number of carbonyl (C=O) groups is 1. The molecule has 1 aliphatic rings. The van der Waals surface area contributed by atoms with E-state index in [2.05, 4.69) is 77.7 Å². The van der Waals surface area contributed by atoms with Crippen molar-refractivity contribution in [3.8, 4) is 0 Å². The van der Waals surface area contributed by atoms with Gasteiger partial charge in [-0.05, 0) is 29.5 Å². The SMILES string of the molecule is O=C1CC[C@@H]([C@H](Cc2ccccc2)N(Cc2ccccc2)Cc2ccccc2)O1. The lowest BCUT2D eigenvalue weighted by molar-refractivity contribution is -0.144. The molecule has 0 bridgehead atoms. The van der Waals surface area contributed by atoms with Gasteiger partial charge in [0.05, 0.1) is 6.04 Å². The molecule has 0 saturated carbocycles. The smallest absolute Gasteiger partial charge is 0.306 e. The van der Waals surface area contributed by atoms with E-state index in [1.54, 1.807) is 0 Å². The molecule has 3 aromatic rings. The number of hydrogen-bond donors (Lipinski definition) is 0. The summed E-state index contributed by atoms with van der Waals surface area (Å²) >= 11 is 0.